The lowest BCUT2D eigenvalue weighted by Gasteiger charge is -2.12. The van der Waals surface area contributed by atoms with Gasteiger partial charge in [-0.1, -0.05) is 11.6 Å². The van der Waals surface area contributed by atoms with Crippen molar-refractivity contribution in [1.82, 2.24) is 0 Å². The molecule has 4 nitrogen and oxygen atoms in total. The molecule has 0 saturated carbocycles. The molecule has 0 spiro atoms. The van der Waals surface area contributed by atoms with E-state index in [0.717, 1.165) is 6.07 Å². The number of carbonyl (C=O) groups is 1. The van der Waals surface area contributed by atoms with Crippen LogP contribution in [0.4, 0.5) is 8.78 Å². The molecule has 0 aliphatic heterocycles. The molecule has 0 aliphatic rings. The molecular formula is C9H8ClF2NO3. The molecule has 0 heterocycles. The van der Waals surface area contributed by atoms with Gasteiger partial charge in [-0.25, -0.2) is 8.78 Å². The molecule has 0 aromatic heterocycles. The zero-order valence-electron chi connectivity index (χ0n) is 8.13. The summed E-state index contributed by atoms with van der Waals surface area (Å²) in [6.45, 7) is 0. The van der Waals surface area contributed by atoms with Gasteiger partial charge in [-0.05, 0) is 0 Å². The third-order valence-electron chi connectivity index (χ3n) is 1.96. The van der Waals surface area contributed by atoms with E-state index in [1.165, 1.54) is 7.11 Å². The topological polar surface area (TPSA) is 72.5 Å². The first-order valence-corrected chi connectivity index (χ1v) is 4.47. The van der Waals surface area contributed by atoms with Gasteiger partial charge in [0.05, 0.1) is 12.7 Å². The Labute approximate surface area is 94.6 Å². The van der Waals surface area contributed by atoms with E-state index < -0.39 is 34.2 Å². The molecule has 16 heavy (non-hydrogen) atoms. The van der Waals surface area contributed by atoms with Gasteiger partial charge in [-0.3, -0.25) is 4.79 Å². The smallest absolute Gasteiger partial charge is 0.325 e. The number of carboxylic acid groups (broad SMARTS) is 1. The van der Waals surface area contributed by atoms with Crippen LogP contribution in [0.1, 0.15) is 11.6 Å². The first-order valence-electron chi connectivity index (χ1n) is 4.10. The van der Waals surface area contributed by atoms with Crippen molar-refractivity contribution in [3.8, 4) is 5.75 Å². The van der Waals surface area contributed by atoms with Crippen LogP contribution in [0.5, 0.6) is 5.75 Å². The van der Waals surface area contributed by atoms with Gasteiger partial charge in [0.15, 0.2) is 5.82 Å². The summed E-state index contributed by atoms with van der Waals surface area (Å²) in [7, 11) is 1.18. The second-order valence-corrected chi connectivity index (χ2v) is 3.30. The van der Waals surface area contributed by atoms with E-state index in [1.807, 2.05) is 0 Å². The zero-order chi connectivity index (χ0) is 12.5. The SMILES string of the molecule is COc1cc(F)c(C(N)C(=O)O)c(F)c1Cl. The molecule has 3 N–H and O–H groups in total. The largest absolute Gasteiger partial charge is 0.495 e. The predicted octanol–water partition coefficient (Wildman–Crippen LogP) is 1.71. The van der Waals surface area contributed by atoms with Gasteiger partial charge in [0.2, 0.25) is 0 Å². The Morgan fingerprint density at radius 2 is 2.19 bits per heavy atom. The van der Waals surface area contributed by atoms with Crippen LogP contribution in [-0.4, -0.2) is 18.2 Å². The number of rotatable bonds is 3. The van der Waals surface area contributed by atoms with Crippen LogP contribution in [0.3, 0.4) is 0 Å². The molecule has 1 atom stereocenters. The van der Waals surface area contributed by atoms with E-state index in [0.29, 0.717) is 0 Å². The van der Waals surface area contributed by atoms with Gasteiger partial charge in [-0.2, -0.15) is 0 Å². The quantitative estimate of drug-likeness (QED) is 0.802. The van der Waals surface area contributed by atoms with Crippen molar-refractivity contribution in [3.05, 3.63) is 28.3 Å². The summed E-state index contributed by atoms with van der Waals surface area (Å²) in [5.41, 5.74) is 4.33. The van der Waals surface area contributed by atoms with E-state index in [2.05, 4.69) is 4.74 Å². The number of halogens is 3. The van der Waals surface area contributed by atoms with E-state index in [1.54, 1.807) is 0 Å². The average Bonchev–Trinajstić information content (AvgIpc) is 2.23. The van der Waals surface area contributed by atoms with Crippen LogP contribution in [0.25, 0.3) is 0 Å². The summed E-state index contributed by atoms with van der Waals surface area (Å²) in [6, 6.07) is -1.03. The van der Waals surface area contributed by atoms with E-state index in [4.69, 9.17) is 22.4 Å². The highest BCUT2D eigenvalue weighted by molar-refractivity contribution is 6.32. The fourth-order valence-electron chi connectivity index (χ4n) is 1.14. The Bertz CT molecular complexity index is 439. The number of hydrogen-bond acceptors (Lipinski definition) is 3. The van der Waals surface area contributed by atoms with E-state index in [9.17, 15) is 13.6 Å². The molecule has 0 radical (unpaired) electrons. The summed E-state index contributed by atoms with van der Waals surface area (Å²) in [4.78, 5) is 10.5. The molecule has 0 fully saturated rings. The number of hydrogen-bond donors (Lipinski definition) is 2. The maximum atomic E-state index is 13.5. The monoisotopic (exact) mass is 251 g/mol. The first kappa shape index (κ1) is 12.7. The van der Waals surface area contributed by atoms with Crippen molar-refractivity contribution in [2.45, 2.75) is 6.04 Å². The van der Waals surface area contributed by atoms with Crippen LogP contribution < -0.4 is 10.5 Å². The highest BCUT2D eigenvalue weighted by Crippen LogP contribution is 2.33. The molecule has 1 rings (SSSR count). The Kier molecular flexibility index (Phi) is 3.66. The summed E-state index contributed by atoms with van der Waals surface area (Å²) in [5, 5.41) is 8.06. The van der Waals surface area contributed by atoms with Crippen LogP contribution >= 0.6 is 11.6 Å². The Balaban J connectivity index is 3.41. The van der Waals surface area contributed by atoms with Crippen molar-refractivity contribution in [3.63, 3.8) is 0 Å². The summed E-state index contributed by atoms with van der Waals surface area (Å²) >= 11 is 5.50. The number of carboxylic acids is 1. The van der Waals surface area contributed by atoms with Gasteiger partial charge in [0.1, 0.15) is 22.6 Å². The molecule has 0 saturated heterocycles. The molecule has 1 aromatic rings. The maximum Gasteiger partial charge on any atom is 0.325 e. The zero-order valence-corrected chi connectivity index (χ0v) is 8.89. The minimum absolute atomic E-state index is 0.224. The summed E-state index contributed by atoms with van der Waals surface area (Å²) in [5.74, 6) is -4.13. The second-order valence-electron chi connectivity index (χ2n) is 2.92. The van der Waals surface area contributed by atoms with E-state index in [-0.39, 0.29) is 5.75 Å². The van der Waals surface area contributed by atoms with E-state index >= 15 is 0 Å². The van der Waals surface area contributed by atoms with Crippen LogP contribution in [-0.2, 0) is 4.79 Å². The Morgan fingerprint density at radius 3 is 2.62 bits per heavy atom. The molecule has 1 unspecified atom stereocenters. The summed E-state index contributed by atoms with van der Waals surface area (Å²) < 4.78 is 31.5. The molecule has 0 amide bonds. The minimum Gasteiger partial charge on any atom is -0.495 e. The number of benzene rings is 1. The van der Waals surface area contributed by atoms with Crippen molar-refractivity contribution >= 4 is 17.6 Å². The third kappa shape index (κ3) is 2.07. The van der Waals surface area contributed by atoms with Crippen molar-refractivity contribution in [2.75, 3.05) is 7.11 Å². The number of aliphatic carboxylic acids is 1. The molecule has 0 aliphatic carbocycles. The molecule has 7 heteroatoms. The predicted molar refractivity (Wildman–Crippen MR) is 52.5 cm³/mol. The van der Waals surface area contributed by atoms with Gasteiger partial charge in [-0.15, -0.1) is 0 Å². The highest BCUT2D eigenvalue weighted by Gasteiger charge is 2.26. The summed E-state index contributed by atoms with van der Waals surface area (Å²) in [6.07, 6.45) is 0. The average molecular weight is 252 g/mol. The molecule has 0 bridgehead atoms. The minimum atomic E-state index is -1.82. The number of methoxy groups -OCH3 is 1. The Morgan fingerprint density at radius 1 is 1.62 bits per heavy atom. The highest BCUT2D eigenvalue weighted by atomic mass is 35.5. The second kappa shape index (κ2) is 4.63. The molecule has 1 aromatic carbocycles. The standard InChI is InChI=1S/C9H8ClF2NO3/c1-16-4-2-3(11)5(7(12)6(4)10)8(13)9(14)15/h2,8H,13H2,1H3,(H,14,15). The normalized spacial score (nSPS) is 12.3. The van der Waals surface area contributed by atoms with Crippen LogP contribution in [0.15, 0.2) is 6.07 Å². The van der Waals surface area contributed by atoms with Gasteiger partial charge < -0.3 is 15.6 Å². The third-order valence-corrected chi connectivity index (χ3v) is 2.31. The van der Waals surface area contributed by atoms with Gasteiger partial charge in [0, 0.05) is 6.07 Å². The van der Waals surface area contributed by atoms with Gasteiger partial charge >= 0.3 is 5.97 Å². The fourth-order valence-corrected chi connectivity index (χ4v) is 1.38. The number of ether oxygens (including phenoxy) is 1. The van der Waals surface area contributed by atoms with Crippen LogP contribution in [0, 0.1) is 11.6 Å². The Hall–Kier alpha value is -1.40. The van der Waals surface area contributed by atoms with Crippen molar-refractivity contribution in [2.24, 2.45) is 5.73 Å². The maximum absolute atomic E-state index is 13.5. The van der Waals surface area contributed by atoms with Crippen molar-refractivity contribution < 1.29 is 23.4 Å². The number of nitrogens with two attached hydrogens (primary N) is 1. The fraction of sp³-hybridized carbons (Fsp3) is 0.222. The lowest BCUT2D eigenvalue weighted by Crippen LogP contribution is -2.23. The lowest BCUT2D eigenvalue weighted by molar-refractivity contribution is -0.138. The van der Waals surface area contributed by atoms with Crippen molar-refractivity contribution in [1.29, 1.82) is 0 Å². The van der Waals surface area contributed by atoms with Crippen LogP contribution in [0.2, 0.25) is 5.02 Å². The first-order chi connectivity index (χ1) is 7.40. The molecule has 88 valence electrons. The molecular weight excluding hydrogens is 244 g/mol. The van der Waals surface area contributed by atoms with Gasteiger partial charge in [0.25, 0.3) is 0 Å². The lowest BCUT2D eigenvalue weighted by atomic mass is 10.1.